The van der Waals surface area contributed by atoms with E-state index in [1.165, 1.54) is 186 Å². The molecule has 212 valence electrons. The van der Waals surface area contributed by atoms with Crippen molar-refractivity contribution in [2.24, 2.45) is 0 Å². The van der Waals surface area contributed by atoms with Gasteiger partial charge in [-0.05, 0) is 26.9 Å². The molecule has 0 radical (unpaired) electrons. The first kappa shape index (κ1) is 35.0. The minimum absolute atomic E-state index is 0.820. The molecule has 0 rings (SSSR count). The standard InChI is InChI=1S/C34H71N/c1-5-7-9-11-13-15-17-19-20-21-23-25-27-29-31-33-34(35(3)4)32-30-28-26-24-22-18-16-14-12-10-8-6-2/h34H,5-33H2,1-4H3. The van der Waals surface area contributed by atoms with Gasteiger partial charge in [-0.15, -0.1) is 0 Å². The monoisotopic (exact) mass is 494 g/mol. The van der Waals surface area contributed by atoms with Gasteiger partial charge in [0.25, 0.3) is 0 Å². The average Bonchev–Trinajstić information content (AvgIpc) is 2.85. The zero-order chi connectivity index (χ0) is 25.7. The van der Waals surface area contributed by atoms with Crippen molar-refractivity contribution in [2.75, 3.05) is 14.1 Å². The van der Waals surface area contributed by atoms with Crippen molar-refractivity contribution in [3.63, 3.8) is 0 Å². The lowest BCUT2D eigenvalue weighted by atomic mass is 9.99. The molecule has 0 N–H and O–H groups in total. The smallest absolute Gasteiger partial charge is 0.00891 e. The van der Waals surface area contributed by atoms with Crippen molar-refractivity contribution in [3.05, 3.63) is 0 Å². The Bertz CT molecular complexity index is 364. The van der Waals surface area contributed by atoms with Crippen LogP contribution in [0.15, 0.2) is 0 Å². The highest BCUT2D eigenvalue weighted by atomic mass is 15.1. The summed E-state index contributed by atoms with van der Waals surface area (Å²) in [7, 11) is 4.60. The van der Waals surface area contributed by atoms with E-state index in [0.29, 0.717) is 0 Å². The van der Waals surface area contributed by atoms with Crippen LogP contribution in [0.1, 0.15) is 200 Å². The number of hydrogen-bond acceptors (Lipinski definition) is 1. The summed E-state index contributed by atoms with van der Waals surface area (Å²) in [5.41, 5.74) is 0. The Labute approximate surface area is 225 Å². The fourth-order valence-electron chi connectivity index (χ4n) is 5.63. The molecule has 0 aliphatic carbocycles. The zero-order valence-electron chi connectivity index (χ0n) is 25.5. The first-order chi connectivity index (χ1) is 17.2. The van der Waals surface area contributed by atoms with Crippen LogP contribution in [0, 0.1) is 0 Å². The summed E-state index contributed by atoms with van der Waals surface area (Å²) in [6, 6.07) is 0.820. The molecule has 1 heteroatoms. The van der Waals surface area contributed by atoms with Crippen LogP contribution in [0.2, 0.25) is 0 Å². The normalized spacial score (nSPS) is 12.6. The molecule has 0 fully saturated rings. The molecule has 0 spiro atoms. The molecule has 0 saturated carbocycles. The van der Waals surface area contributed by atoms with E-state index in [2.05, 4.69) is 32.8 Å². The Hall–Kier alpha value is -0.0400. The second kappa shape index (κ2) is 30.2. The predicted octanol–water partition coefficient (Wildman–Crippen LogP) is 12.3. The lowest BCUT2D eigenvalue weighted by molar-refractivity contribution is 0.251. The first-order valence-electron chi connectivity index (χ1n) is 16.9. The van der Waals surface area contributed by atoms with Crippen molar-refractivity contribution in [1.29, 1.82) is 0 Å². The van der Waals surface area contributed by atoms with Gasteiger partial charge in [0.15, 0.2) is 0 Å². The number of nitrogens with zero attached hydrogens (tertiary/aromatic N) is 1. The highest BCUT2D eigenvalue weighted by Gasteiger charge is 2.10. The third-order valence-electron chi connectivity index (χ3n) is 8.26. The summed E-state index contributed by atoms with van der Waals surface area (Å²) in [4.78, 5) is 2.50. The summed E-state index contributed by atoms with van der Waals surface area (Å²) in [5.74, 6) is 0. The summed E-state index contributed by atoms with van der Waals surface area (Å²) in [6.07, 6.45) is 42.3. The summed E-state index contributed by atoms with van der Waals surface area (Å²) in [6.45, 7) is 4.61. The van der Waals surface area contributed by atoms with Gasteiger partial charge in [0.05, 0.1) is 0 Å². The van der Waals surface area contributed by atoms with E-state index in [0.717, 1.165) is 6.04 Å². The fraction of sp³-hybridized carbons (Fsp3) is 1.00. The maximum Gasteiger partial charge on any atom is 0.00891 e. The Balaban J connectivity index is 3.39. The van der Waals surface area contributed by atoms with E-state index >= 15 is 0 Å². The van der Waals surface area contributed by atoms with Gasteiger partial charge in [-0.3, -0.25) is 0 Å². The van der Waals surface area contributed by atoms with Crippen molar-refractivity contribution < 1.29 is 0 Å². The van der Waals surface area contributed by atoms with Crippen LogP contribution in [0.3, 0.4) is 0 Å². The van der Waals surface area contributed by atoms with Crippen molar-refractivity contribution in [1.82, 2.24) is 4.90 Å². The molecule has 0 aromatic rings. The lowest BCUT2D eigenvalue weighted by Crippen LogP contribution is -2.27. The van der Waals surface area contributed by atoms with Gasteiger partial charge in [0.2, 0.25) is 0 Å². The Kier molecular flexibility index (Phi) is 30.2. The minimum atomic E-state index is 0.820. The Morgan fingerprint density at radius 1 is 0.314 bits per heavy atom. The topological polar surface area (TPSA) is 3.24 Å². The molecule has 0 aromatic heterocycles. The van der Waals surface area contributed by atoms with E-state index in [1.54, 1.807) is 0 Å². The van der Waals surface area contributed by atoms with Crippen LogP contribution < -0.4 is 0 Å². The molecule has 1 unspecified atom stereocenters. The Morgan fingerprint density at radius 2 is 0.514 bits per heavy atom. The van der Waals surface area contributed by atoms with E-state index in [1.807, 2.05) is 0 Å². The molecule has 1 atom stereocenters. The van der Waals surface area contributed by atoms with Crippen LogP contribution in [-0.2, 0) is 0 Å². The largest absolute Gasteiger partial charge is 0.306 e. The van der Waals surface area contributed by atoms with E-state index in [4.69, 9.17) is 0 Å². The average molecular weight is 494 g/mol. The summed E-state index contributed by atoms with van der Waals surface area (Å²) >= 11 is 0. The van der Waals surface area contributed by atoms with Gasteiger partial charge in [-0.1, -0.05) is 187 Å². The summed E-state index contributed by atoms with van der Waals surface area (Å²) < 4.78 is 0. The van der Waals surface area contributed by atoms with Crippen LogP contribution in [-0.4, -0.2) is 25.0 Å². The zero-order valence-corrected chi connectivity index (χ0v) is 25.5. The SMILES string of the molecule is CCCCCCCCCCCCCCCCCC(CCCCCCCCCCCCCC)N(C)C. The third kappa shape index (κ3) is 28.4. The van der Waals surface area contributed by atoms with Gasteiger partial charge in [0.1, 0.15) is 0 Å². The third-order valence-corrected chi connectivity index (χ3v) is 8.26. The highest BCUT2D eigenvalue weighted by molar-refractivity contribution is 4.67. The van der Waals surface area contributed by atoms with Crippen LogP contribution in [0.25, 0.3) is 0 Å². The molecule has 0 amide bonds. The molecular formula is C34H71N. The predicted molar refractivity (Wildman–Crippen MR) is 163 cm³/mol. The van der Waals surface area contributed by atoms with Gasteiger partial charge >= 0.3 is 0 Å². The molecular weight excluding hydrogens is 422 g/mol. The highest BCUT2D eigenvalue weighted by Crippen LogP contribution is 2.18. The molecule has 1 nitrogen and oxygen atoms in total. The van der Waals surface area contributed by atoms with E-state index in [9.17, 15) is 0 Å². The van der Waals surface area contributed by atoms with Gasteiger partial charge in [0, 0.05) is 6.04 Å². The van der Waals surface area contributed by atoms with E-state index in [-0.39, 0.29) is 0 Å². The molecule has 0 heterocycles. The first-order valence-corrected chi connectivity index (χ1v) is 16.9. The molecule has 0 aliphatic rings. The van der Waals surface area contributed by atoms with E-state index < -0.39 is 0 Å². The fourth-order valence-corrected chi connectivity index (χ4v) is 5.63. The van der Waals surface area contributed by atoms with Crippen LogP contribution in [0.4, 0.5) is 0 Å². The van der Waals surface area contributed by atoms with Crippen LogP contribution >= 0.6 is 0 Å². The van der Waals surface area contributed by atoms with Crippen molar-refractivity contribution >= 4 is 0 Å². The second-order valence-electron chi connectivity index (χ2n) is 12.0. The maximum absolute atomic E-state index is 2.50. The van der Waals surface area contributed by atoms with Gasteiger partial charge < -0.3 is 4.90 Å². The minimum Gasteiger partial charge on any atom is -0.306 e. The molecule has 0 saturated heterocycles. The number of hydrogen-bond donors (Lipinski definition) is 0. The molecule has 0 bridgehead atoms. The Morgan fingerprint density at radius 3 is 0.714 bits per heavy atom. The quantitative estimate of drug-likeness (QED) is 0.0899. The molecule has 0 aliphatic heterocycles. The second-order valence-corrected chi connectivity index (χ2v) is 12.0. The summed E-state index contributed by atoms with van der Waals surface area (Å²) in [5, 5.41) is 0. The van der Waals surface area contributed by atoms with Crippen molar-refractivity contribution in [3.8, 4) is 0 Å². The molecule has 35 heavy (non-hydrogen) atoms. The van der Waals surface area contributed by atoms with Gasteiger partial charge in [-0.25, -0.2) is 0 Å². The maximum atomic E-state index is 2.50. The number of rotatable bonds is 30. The van der Waals surface area contributed by atoms with Crippen molar-refractivity contribution in [2.45, 2.75) is 206 Å². The number of unbranched alkanes of at least 4 members (excludes halogenated alkanes) is 25. The van der Waals surface area contributed by atoms with Crippen LogP contribution in [0.5, 0.6) is 0 Å². The molecule has 0 aromatic carbocycles. The lowest BCUT2D eigenvalue weighted by Gasteiger charge is -2.24. The van der Waals surface area contributed by atoms with Gasteiger partial charge in [-0.2, -0.15) is 0 Å².